The fourth-order valence-electron chi connectivity index (χ4n) is 6.36. The molecule has 6 unspecified atom stereocenters. The first-order valence-electron chi connectivity index (χ1n) is 21.7. The first-order chi connectivity index (χ1) is 26.4. The second-order valence-electron chi connectivity index (χ2n) is 14.8. The monoisotopic (exact) mass is 765 g/mol. The molecule has 9 nitrogen and oxygen atoms in total. The van der Waals surface area contributed by atoms with E-state index < -0.39 is 43.4 Å². The van der Waals surface area contributed by atoms with Crippen molar-refractivity contribution >= 4 is 5.97 Å². The molecular formula is C45H80O9. The molecule has 9 heteroatoms. The molecule has 54 heavy (non-hydrogen) atoms. The summed E-state index contributed by atoms with van der Waals surface area (Å²) in [6.07, 6.45) is 37.1. The Morgan fingerprint density at radius 1 is 0.611 bits per heavy atom. The van der Waals surface area contributed by atoms with Gasteiger partial charge in [0.2, 0.25) is 0 Å². The third-order valence-electron chi connectivity index (χ3n) is 9.76. The summed E-state index contributed by atoms with van der Waals surface area (Å²) >= 11 is 0. The minimum Gasteiger partial charge on any atom is -0.457 e. The van der Waals surface area contributed by atoms with Gasteiger partial charge in [0.15, 0.2) is 6.29 Å². The number of unbranched alkanes of at least 4 members (excludes halogenated alkanes) is 17. The van der Waals surface area contributed by atoms with Gasteiger partial charge in [-0.2, -0.15) is 0 Å². The Hall–Kier alpha value is -1.85. The van der Waals surface area contributed by atoms with Crippen LogP contribution in [0.15, 0.2) is 48.6 Å². The highest BCUT2D eigenvalue weighted by molar-refractivity contribution is 5.69. The smallest absolute Gasteiger partial charge is 0.306 e. The van der Waals surface area contributed by atoms with Crippen molar-refractivity contribution in [2.45, 2.75) is 205 Å². The van der Waals surface area contributed by atoms with Crippen molar-refractivity contribution in [3.05, 3.63) is 48.6 Å². The van der Waals surface area contributed by atoms with E-state index in [1.54, 1.807) is 0 Å². The molecule has 0 aromatic rings. The number of rotatable bonds is 36. The number of allylic oxidation sites excluding steroid dienone is 8. The molecule has 0 aromatic heterocycles. The summed E-state index contributed by atoms with van der Waals surface area (Å²) in [5, 5.41) is 40.1. The van der Waals surface area contributed by atoms with Gasteiger partial charge < -0.3 is 39.4 Å². The van der Waals surface area contributed by atoms with Crippen molar-refractivity contribution in [3.63, 3.8) is 0 Å². The highest BCUT2D eigenvalue weighted by atomic mass is 16.7. The maximum absolute atomic E-state index is 12.8. The summed E-state index contributed by atoms with van der Waals surface area (Å²) in [5.41, 5.74) is 0. The molecule has 0 aromatic carbocycles. The van der Waals surface area contributed by atoms with Crippen molar-refractivity contribution in [3.8, 4) is 0 Å². The second-order valence-corrected chi connectivity index (χ2v) is 14.8. The van der Waals surface area contributed by atoms with Crippen LogP contribution in [-0.4, -0.2) is 89.6 Å². The van der Waals surface area contributed by atoms with Gasteiger partial charge in [0, 0.05) is 13.0 Å². The average molecular weight is 765 g/mol. The molecule has 0 spiro atoms. The van der Waals surface area contributed by atoms with Gasteiger partial charge in [-0.15, -0.1) is 0 Å². The Kier molecular flexibility index (Phi) is 34.2. The molecule has 1 aliphatic rings. The lowest BCUT2D eigenvalue weighted by Gasteiger charge is -2.39. The standard InChI is InChI=1S/C45H80O9/c1-3-5-7-9-11-13-15-17-19-21-23-25-27-29-31-33-35-51-37-39(38-52-45-44(50)43(49)42(48)40(36-46)54-45)53-41(47)34-32-30-28-26-24-22-20-18-16-14-12-10-8-6-4-2/h5,7,11,13,17,19,23,25,39-40,42-46,48-50H,3-4,6,8-10,12,14-16,18,20-22,24,26-38H2,1-2H3/b7-5-,13-11-,19-17-,25-23-. The van der Waals surface area contributed by atoms with Gasteiger partial charge >= 0.3 is 5.97 Å². The van der Waals surface area contributed by atoms with Gasteiger partial charge in [0.1, 0.15) is 30.5 Å². The van der Waals surface area contributed by atoms with E-state index in [0.717, 1.165) is 70.6 Å². The van der Waals surface area contributed by atoms with Gasteiger partial charge in [0.25, 0.3) is 0 Å². The summed E-state index contributed by atoms with van der Waals surface area (Å²) in [5.74, 6) is -0.325. The zero-order chi connectivity index (χ0) is 39.3. The first kappa shape index (κ1) is 50.2. The van der Waals surface area contributed by atoms with Crippen molar-refractivity contribution in [1.82, 2.24) is 0 Å². The molecule has 4 N–H and O–H groups in total. The van der Waals surface area contributed by atoms with E-state index in [1.807, 2.05) is 0 Å². The number of hydrogen-bond donors (Lipinski definition) is 4. The molecule has 0 bridgehead atoms. The molecule has 6 atom stereocenters. The van der Waals surface area contributed by atoms with E-state index in [1.165, 1.54) is 77.0 Å². The Morgan fingerprint density at radius 3 is 1.69 bits per heavy atom. The van der Waals surface area contributed by atoms with Crippen LogP contribution in [0.2, 0.25) is 0 Å². The van der Waals surface area contributed by atoms with E-state index in [-0.39, 0.29) is 19.2 Å². The van der Waals surface area contributed by atoms with Gasteiger partial charge in [0.05, 0.1) is 19.8 Å². The van der Waals surface area contributed by atoms with Crippen molar-refractivity contribution in [2.24, 2.45) is 0 Å². The van der Waals surface area contributed by atoms with Gasteiger partial charge in [-0.05, 0) is 51.4 Å². The third-order valence-corrected chi connectivity index (χ3v) is 9.76. The second kappa shape index (κ2) is 36.8. The number of carbonyl (C=O) groups is 1. The van der Waals surface area contributed by atoms with E-state index in [0.29, 0.717) is 13.0 Å². The molecule has 0 aliphatic carbocycles. The van der Waals surface area contributed by atoms with Gasteiger partial charge in [-0.1, -0.05) is 159 Å². The lowest BCUT2D eigenvalue weighted by molar-refractivity contribution is -0.305. The number of carbonyl (C=O) groups excluding carboxylic acids is 1. The number of ether oxygens (including phenoxy) is 4. The number of aliphatic hydroxyl groups excluding tert-OH is 4. The Morgan fingerprint density at radius 2 is 1.13 bits per heavy atom. The van der Waals surface area contributed by atoms with Gasteiger partial charge in [-0.25, -0.2) is 0 Å². The SMILES string of the molecule is CC/C=C\C/C=C\C/C=C\C/C=C\CCCCCOCC(COC1OC(CO)C(O)C(O)C1O)OC(=O)CCCCCCCCCCCCCCCCC. The molecule has 1 fully saturated rings. The average Bonchev–Trinajstić information content (AvgIpc) is 3.17. The maximum Gasteiger partial charge on any atom is 0.306 e. The van der Waals surface area contributed by atoms with E-state index >= 15 is 0 Å². The van der Waals surface area contributed by atoms with Gasteiger partial charge in [-0.3, -0.25) is 4.79 Å². The molecule has 1 heterocycles. The molecule has 314 valence electrons. The summed E-state index contributed by atoms with van der Waals surface area (Å²) < 4.78 is 22.7. The minimum absolute atomic E-state index is 0.124. The highest BCUT2D eigenvalue weighted by Crippen LogP contribution is 2.22. The van der Waals surface area contributed by atoms with Crippen LogP contribution >= 0.6 is 0 Å². The topological polar surface area (TPSA) is 135 Å². The Labute approximate surface area is 329 Å². The van der Waals surface area contributed by atoms with Crippen LogP contribution in [0.4, 0.5) is 0 Å². The summed E-state index contributed by atoms with van der Waals surface area (Å²) in [4.78, 5) is 12.8. The quantitative estimate of drug-likeness (QED) is 0.0280. The molecular weight excluding hydrogens is 684 g/mol. The summed E-state index contributed by atoms with van der Waals surface area (Å²) in [7, 11) is 0. The van der Waals surface area contributed by atoms with Crippen molar-refractivity contribution < 1.29 is 44.2 Å². The molecule has 0 radical (unpaired) electrons. The predicted molar refractivity (Wildman–Crippen MR) is 219 cm³/mol. The molecule has 0 amide bonds. The Balaban J connectivity index is 2.31. The number of esters is 1. The molecule has 1 rings (SSSR count). The van der Waals surface area contributed by atoms with Crippen LogP contribution in [0.1, 0.15) is 168 Å². The molecule has 1 aliphatic heterocycles. The number of aliphatic hydroxyl groups is 4. The van der Waals surface area contributed by atoms with Crippen molar-refractivity contribution in [2.75, 3.05) is 26.4 Å². The largest absolute Gasteiger partial charge is 0.457 e. The number of hydrogen-bond acceptors (Lipinski definition) is 9. The highest BCUT2D eigenvalue weighted by Gasteiger charge is 2.44. The predicted octanol–water partition coefficient (Wildman–Crippen LogP) is 9.36. The van der Waals surface area contributed by atoms with Crippen LogP contribution < -0.4 is 0 Å². The summed E-state index contributed by atoms with van der Waals surface area (Å²) in [6.45, 7) is 4.37. The lowest BCUT2D eigenvalue weighted by atomic mass is 9.99. The Bertz CT molecular complexity index is 963. The normalized spacial score (nSPS) is 21.3. The van der Waals surface area contributed by atoms with Crippen LogP contribution in [0.3, 0.4) is 0 Å². The van der Waals surface area contributed by atoms with E-state index in [2.05, 4.69) is 62.5 Å². The van der Waals surface area contributed by atoms with Crippen LogP contribution in [0.25, 0.3) is 0 Å². The fourth-order valence-corrected chi connectivity index (χ4v) is 6.36. The van der Waals surface area contributed by atoms with Crippen molar-refractivity contribution in [1.29, 1.82) is 0 Å². The van der Waals surface area contributed by atoms with Crippen LogP contribution in [0, 0.1) is 0 Å². The maximum atomic E-state index is 12.8. The third kappa shape index (κ3) is 27.7. The first-order valence-corrected chi connectivity index (χ1v) is 21.7. The zero-order valence-corrected chi connectivity index (χ0v) is 34.2. The fraction of sp³-hybridized carbons (Fsp3) is 0.800. The summed E-state index contributed by atoms with van der Waals surface area (Å²) in [6, 6.07) is 0. The zero-order valence-electron chi connectivity index (χ0n) is 34.2. The molecule has 1 saturated heterocycles. The lowest BCUT2D eigenvalue weighted by Crippen LogP contribution is -2.59. The van der Waals surface area contributed by atoms with Crippen LogP contribution in [0.5, 0.6) is 0 Å². The molecule has 0 saturated carbocycles. The van der Waals surface area contributed by atoms with E-state index in [4.69, 9.17) is 18.9 Å². The van der Waals surface area contributed by atoms with Crippen LogP contribution in [-0.2, 0) is 23.7 Å². The van der Waals surface area contributed by atoms with E-state index in [9.17, 15) is 25.2 Å². The minimum atomic E-state index is -1.54.